The van der Waals surface area contributed by atoms with Gasteiger partial charge >= 0.3 is 0 Å². The van der Waals surface area contributed by atoms with Crippen LogP contribution in [0, 0.1) is 0 Å². The van der Waals surface area contributed by atoms with Crippen LogP contribution >= 0.6 is 23.2 Å². The third-order valence-electron chi connectivity index (χ3n) is 2.32. The summed E-state index contributed by atoms with van der Waals surface area (Å²) >= 11 is 11.6. The quantitative estimate of drug-likeness (QED) is 0.719. The van der Waals surface area contributed by atoms with E-state index in [4.69, 9.17) is 23.2 Å². The summed E-state index contributed by atoms with van der Waals surface area (Å²) in [5, 5.41) is 0.779. The molecule has 1 aromatic rings. The van der Waals surface area contributed by atoms with Gasteiger partial charge in [0.25, 0.3) is 0 Å². The van der Waals surface area contributed by atoms with E-state index >= 15 is 0 Å². The first kappa shape index (κ1) is 11.8. The zero-order chi connectivity index (χ0) is 10.6. The summed E-state index contributed by atoms with van der Waals surface area (Å²) < 4.78 is 0. The number of hydrogen-bond donors (Lipinski definition) is 0. The average molecular weight is 232 g/mol. The Kier molecular flexibility index (Phi) is 4.73. The third kappa shape index (κ3) is 3.49. The molecule has 1 rings (SSSR count). The maximum absolute atomic E-state index is 5.80. The summed E-state index contributed by atoms with van der Waals surface area (Å²) in [6, 6.07) is 8.30. The molecular formula is C11H15Cl2N. The first-order valence-electron chi connectivity index (χ1n) is 4.64. The zero-order valence-electron chi connectivity index (χ0n) is 8.50. The highest BCUT2D eigenvalue weighted by Gasteiger charge is 2.07. The Balaban J connectivity index is 2.56. The predicted molar refractivity (Wildman–Crippen MR) is 63.1 cm³/mol. The Morgan fingerprint density at radius 1 is 1.29 bits per heavy atom. The highest BCUT2D eigenvalue weighted by Crippen LogP contribution is 2.12. The minimum absolute atomic E-state index is 0.396. The van der Waals surface area contributed by atoms with Crippen LogP contribution in [-0.4, -0.2) is 23.9 Å². The van der Waals surface area contributed by atoms with Crippen LogP contribution in [0.2, 0.25) is 5.02 Å². The molecule has 0 spiro atoms. The molecule has 0 radical (unpaired) electrons. The molecule has 78 valence electrons. The summed E-state index contributed by atoms with van der Waals surface area (Å²) in [5.74, 6) is 0.657. The molecule has 0 bridgehead atoms. The zero-order valence-corrected chi connectivity index (χ0v) is 10.0. The lowest BCUT2D eigenvalue weighted by Crippen LogP contribution is -2.29. The lowest BCUT2D eigenvalue weighted by Gasteiger charge is -2.22. The van der Waals surface area contributed by atoms with Crippen molar-refractivity contribution in [1.29, 1.82) is 0 Å². The van der Waals surface area contributed by atoms with Gasteiger partial charge in [-0.3, -0.25) is 4.90 Å². The smallest absolute Gasteiger partial charge is 0.0406 e. The molecule has 0 N–H and O–H groups in total. The van der Waals surface area contributed by atoms with Gasteiger partial charge in [0.1, 0.15) is 0 Å². The largest absolute Gasteiger partial charge is 0.298 e. The van der Waals surface area contributed by atoms with Crippen LogP contribution in [0.3, 0.4) is 0 Å². The van der Waals surface area contributed by atoms with Gasteiger partial charge in [0.15, 0.2) is 0 Å². The molecule has 0 heterocycles. The normalized spacial score (nSPS) is 13.2. The number of rotatable bonds is 4. The van der Waals surface area contributed by atoms with E-state index in [-0.39, 0.29) is 0 Å². The van der Waals surface area contributed by atoms with Crippen molar-refractivity contribution in [3.63, 3.8) is 0 Å². The molecule has 0 aliphatic carbocycles. The van der Waals surface area contributed by atoms with Crippen LogP contribution in [-0.2, 0) is 6.54 Å². The van der Waals surface area contributed by atoms with Crippen LogP contribution in [0.1, 0.15) is 12.5 Å². The second-order valence-electron chi connectivity index (χ2n) is 3.54. The molecule has 1 atom stereocenters. The van der Waals surface area contributed by atoms with E-state index in [1.165, 1.54) is 5.56 Å². The molecule has 3 heteroatoms. The lowest BCUT2D eigenvalue weighted by molar-refractivity contribution is 0.268. The summed E-state index contributed by atoms with van der Waals surface area (Å²) in [6.45, 7) is 3.02. The van der Waals surface area contributed by atoms with E-state index in [0.29, 0.717) is 11.9 Å². The fourth-order valence-corrected chi connectivity index (χ4v) is 1.51. The minimum atomic E-state index is 0.396. The van der Waals surface area contributed by atoms with Crippen molar-refractivity contribution in [2.75, 3.05) is 12.9 Å². The van der Waals surface area contributed by atoms with Crippen molar-refractivity contribution in [3.05, 3.63) is 34.9 Å². The molecule has 0 saturated heterocycles. The number of benzene rings is 1. The third-order valence-corrected chi connectivity index (χ3v) is 3.02. The highest BCUT2D eigenvalue weighted by molar-refractivity contribution is 6.30. The molecule has 0 aliphatic rings. The second kappa shape index (κ2) is 5.59. The van der Waals surface area contributed by atoms with Crippen molar-refractivity contribution >= 4 is 23.2 Å². The van der Waals surface area contributed by atoms with Gasteiger partial charge in [-0.1, -0.05) is 23.7 Å². The van der Waals surface area contributed by atoms with Crippen molar-refractivity contribution in [2.24, 2.45) is 0 Å². The standard InChI is InChI=1S/C11H15Cl2N/c1-9(7-12)14(2)8-10-3-5-11(13)6-4-10/h3-6,9H,7-8H2,1-2H3. The van der Waals surface area contributed by atoms with Crippen molar-refractivity contribution in [2.45, 2.75) is 19.5 Å². The lowest BCUT2D eigenvalue weighted by atomic mass is 10.2. The minimum Gasteiger partial charge on any atom is -0.298 e. The van der Waals surface area contributed by atoms with E-state index in [2.05, 4.69) is 18.9 Å². The summed E-state index contributed by atoms with van der Waals surface area (Å²) in [7, 11) is 2.07. The van der Waals surface area contributed by atoms with Crippen molar-refractivity contribution in [3.8, 4) is 0 Å². The SMILES string of the molecule is CC(CCl)N(C)Cc1ccc(Cl)cc1. The van der Waals surface area contributed by atoms with E-state index in [1.807, 2.05) is 24.3 Å². The molecule has 1 unspecified atom stereocenters. The molecule has 0 aliphatic heterocycles. The fraction of sp³-hybridized carbons (Fsp3) is 0.455. The van der Waals surface area contributed by atoms with Crippen LogP contribution < -0.4 is 0 Å². The van der Waals surface area contributed by atoms with Gasteiger partial charge in [-0.15, -0.1) is 11.6 Å². The molecule has 0 aromatic heterocycles. The van der Waals surface area contributed by atoms with Gasteiger partial charge in [-0.25, -0.2) is 0 Å². The first-order valence-corrected chi connectivity index (χ1v) is 5.55. The fourth-order valence-electron chi connectivity index (χ4n) is 1.15. The summed E-state index contributed by atoms with van der Waals surface area (Å²) in [5.41, 5.74) is 1.26. The second-order valence-corrected chi connectivity index (χ2v) is 4.29. The molecule has 0 amide bonds. The van der Waals surface area contributed by atoms with Crippen LogP contribution in [0.5, 0.6) is 0 Å². The molecule has 1 nitrogen and oxygen atoms in total. The van der Waals surface area contributed by atoms with Crippen LogP contribution in [0.25, 0.3) is 0 Å². The van der Waals surface area contributed by atoms with E-state index in [9.17, 15) is 0 Å². The number of nitrogens with zero attached hydrogens (tertiary/aromatic N) is 1. The van der Waals surface area contributed by atoms with Crippen LogP contribution in [0.4, 0.5) is 0 Å². The van der Waals surface area contributed by atoms with Crippen molar-refractivity contribution in [1.82, 2.24) is 4.90 Å². The Labute approximate surface area is 95.6 Å². The molecule has 0 fully saturated rings. The number of alkyl halides is 1. The Morgan fingerprint density at radius 3 is 2.36 bits per heavy atom. The number of halogens is 2. The Morgan fingerprint density at radius 2 is 1.86 bits per heavy atom. The van der Waals surface area contributed by atoms with Gasteiger partial charge < -0.3 is 0 Å². The summed E-state index contributed by atoms with van der Waals surface area (Å²) in [6.07, 6.45) is 0. The van der Waals surface area contributed by atoms with Crippen LogP contribution in [0.15, 0.2) is 24.3 Å². The van der Waals surface area contributed by atoms with Gasteiger partial charge in [0.2, 0.25) is 0 Å². The number of hydrogen-bond acceptors (Lipinski definition) is 1. The topological polar surface area (TPSA) is 3.24 Å². The van der Waals surface area contributed by atoms with E-state index in [1.54, 1.807) is 0 Å². The molecule has 1 aromatic carbocycles. The highest BCUT2D eigenvalue weighted by atomic mass is 35.5. The van der Waals surface area contributed by atoms with Gasteiger partial charge in [0.05, 0.1) is 0 Å². The molecule has 14 heavy (non-hydrogen) atoms. The van der Waals surface area contributed by atoms with Gasteiger partial charge in [0, 0.05) is 23.5 Å². The van der Waals surface area contributed by atoms with Gasteiger partial charge in [-0.05, 0) is 31.7 Å². The maximum Gasteiger partial charge on any atom is 0.0406 e. The average Bonchev–Trinajstić information content (AvgIpc) is 2.20. The van der Waals surface area contributed by atoms with E-state index in [0.717, 1.165) is 11.6 Å². The van der Waals surface area contributed by atoms with Crippen molar-refractivity contribution < 1.29 is 0 Å². The Hall–Kier alpha value is -0.240. The molecular weight excluding hydrogens is 217 g/mol. The Bertz CT molecular complexity index is 271. The summed E-state index contributed by atoms with van der Waals surface area (Å²) in [4.78, 5) is 2.22. The van der Waals surface area contributed by atoms with E-state index < -0.39 is 0 Å². The molecule has 0 saturated carbocycles. The first-order chi connectivity index (χ1) is 6.63. The predicted octanol–water partition coefficient (Wildman–Crippen LogP) is 3.40. The maximum atomic E-state index is 5.80. The monoisotopic (exact) mass is 231 g/mol. The van der Waals surface area contributed by atoms with Gasteiger partial charge in [-0.2, -0.15) is 0 Å².